The van der Waals surface area contributed by atoms with Crippen molar-refractivity contribution in [2.24, 2.45) is 5.92 Å². The second kappa shape index (κ2) is 4.05. The van der Waals surface area contributed by atoms with E-state index in [1.807, 2.05) is 24.3 Å². The maximum Gasteiger partial charge on any atom is 0.244 e. The molecule has 0 N–H and O–H groups in total. The first-order valence-electron chi connectivity index (χ1n) is 6.24. The largest absolute Gasteiger partial charge is 0.370 e. The molecule has 1 spiro atoms. The highest BCUT2D eigenvalue weighted by Crippen LogP contribution is 2.50. The number of rotatable bonds is 1. The van der Waals surface area contributed by atoms with Crippen molar-refractivity contribution in [1.29, 1.82) is 0 Å². The highest BCUT2D eigenvalue weighted by molar-refractivity contribution is 5.36. The van der Waals surface area contributed by atoms with Gasteiger partial charge in [0.1, 0.15) is 5.60 Å². The third-order valence-corrected chi connectivity index (χ3v) is 4.15. The topological polar surface area (TPSA) is 9.23 Å². The Balaban J connectivity index is 2.10. The summed E-state index contributed by atoms with van der Waals surface area (Å²) in [5, 5.41) is 0. The van der Waals surface area contributed by atoms with Crippen LogP contribution < -0.4 is 0 Å². The lowest BCUT2D eigenvalue weighted by Crippen LogP contribution is -2.42. The van der Waals surface area contributed by atoms with Gasteiger partial charge in [0.05, 0.1) is 5.92 Å². The second-order valence-electron chi connectivity index (χ2n) is 4.98. The molecule has 2 aliphatic rings. The molecule has 1 heterocycles. The summed E-state index contributed by atoms with van der Waals surface area (Å²) in [6.07, 6.45) is 0.614. The zero-order chi connectivity index (χ0) is 11.9. The SMILES string of the molecule is FC(F)[C@H]1CCc2ccccc2[C@@]12CCCO2. The fourth-order valence-corrected chi connectivity index (χ4v) is 3.39. The van der Waals surface area contributed by atoms with E-state index in [9.17, 15) is 8.78 Å². The smallest absolute Gasteiger partial charge is 0.244 e. The van der Waals surface area contributed by atoms with Crippen molar-refractivity contribution in [2.75, 3.05) is 6.61 Å². The van der Waals surface area contributed by atoms with Crippen LogP contribution in [0.4, 0.5) is 8.78 Å². The Kier molecular flexibility index (Phi) is 2.66. The highest BCUT2D eigenvalue weighted by atomic mass is 19.3. The first-order chi connectivity index (χ1) is 8.24. The fourth-order valence-electron chi connectivity index (χ4n) is 3.39. The van der Waals surface area contributed by atoms with Gasteiger partial charge in [-0.2, -0.15) is 0 Å². The molecular weight excluding hydrogens is 222 g/mol. The number of benzene rings is 1. The van der Waals surface area contributed by atoms with Crippen molar-refractivity contribution >= 4 is 0 Å². The van der Waals surface area contributed by atoms with Crippen molar-refractivity contribution in [3.05, 3.63) is 35.4 Å². The summed E-state index contributed by atoms with van der Waals surface area (Å²) in [6, 6.07) is 7.91. The monoisotopic (exact) mass is 238 g/mol. The Morgan fingerprint density at radius 2 is 2.12 bits per heavy atom. The van der Waals surface area contributed by atoms with Gasteiger partial charge < -0.3 is 4.74 Å². The van der Waals surface area contributed by atoms with Gasteiger partial charge in [-0.1, -0.05) is 24.3 Å². The van der Waals surface area contributed by atoms with Gasteiger partial charge in [0.2, 0.25) is 6.43 Å². The Morgan fingerprint density at radius 3 is 2.82 bits per heavy atom. The lowest BCUT2D eigenvalue weighted by atomic mass is 9.70. The van der Waals surface area contributed by atoms with E-state index in [-0.39, 0.29) is 0 Å². The van der Waals surface area contributed by atoms with E-state index in [0.717, 1.165) is 24.8 Å². The van der Waals surface area contributed by atoms with E-state index < -0.39 is 17.9 Å². The summed E-state index contributed by atoms with van der Waals surface area (Å²) >= 11 is 0. The molecule has 3 rings (SSSR count). The number of hydrogen-bond donors (Lipinski definition) is 0. The third kappa shape index (κ3) is 1.60. The van der Waals surface area contributed by atoms with Crippen molar-refractivity contribution in [3.63, 3.8) is 0 Å². The Labute approximate surface area is 99.8 Å². The lowest BCUT2D eigenvalue weighted by molar-refractivity contribution is -0.112. The van der Waals surface area contributed by atoms with Crippen LogP contribution in [-0.2, 0) is 16.8 Å². The van der Waals surface area contributed by atoms with Gasteiger partial charge >= 0.3 is 0 Å². The Morgan fingerprint density at radius 1 is 1.29 bits per heavy atom. The van der Waals surface area contributed by atoms with E-state index in [1.54, 1.807) is 0 Å². The quantitative estimate of drug-likeness (QED) is 0.727. The van der Waals surface area contributed by atoms with Gasteiger partial charge in [-0.15, -0.1) is 0 Å². The molecule has 1 fully saturated rings. The fraction of sp³-hybridized carbons (Fsp3) is 0.571. The summed E-state index contributed by atoms with van der Waals surface area (Å²) in [5.41, 5.74) is 1.49. The van der Waals surface area contributed by atoms with Crippen LogP contribution in [0.5, 0.6) is 0 Å². The highest BCUT2D eigenvalue weighted by Gasteiger charge is 2.51. The van der Waals surface area contributed by atoms with Gasteiger partial charge in [0, 0.05) is 6.61 Å². The maximum absolute atomic E-state index is 13.2. The number of aryl methyl sites for hydroxylation is 1. The van der Waals surface area contributed by atoms with Gasteiger partial charge in [-0.3, -0.25) is 0 Å². The molecule has 92 valence electrons. The molecule has 0 radical (unpaired) electrons. The number of fused-ring (bicyclic) bond motifs is 2. The van der Waals surface area contributed by atoms with Crippen molar-refractivity contribution in [1.82, 2.24) is 0 Å². The van der Waals surface area contributed by atoms with Gasteiger partial charge in [-0.25, -0.2) is 8.78 Å². The van der Waals surface area contributed by atoms with E-state index in [1.165, 1.54) is 5.56 Å². The molecule has 1 nitrogen and oxygen atoms in total. The molecule has 1 saturated heterocycles. The number of ether oxygens (including phenoxy) is 1. The molecule has 0 unspecified atom stereocenters. The molecule has 2 atom stereocenters. The first kappa shape index (κ1) is 11.1. The van der Waals surface area contributed by atoms with Crippen LogP contribution in [0.25, 0.3) is 0 Å². The molecule has 0 amide bonds. The van der Waals surface area contributed by atoms with Gasteiger partial charge in [0.25, 0.3) is 0 Å². The lowest BCUT2D eigenvalue weighted by Gasteiger charge is -2.41. The summed E-state index contributed by atoms with van der Waals surface area (Å²) in [7, 11) is 0. The molecule has 1 aliphatic heterocycles. The minimum Gasteiger partial charge on any atom is -0.370 e. The Hall–Kier alpha value is -0.960. The third-order valence-electron chi connectivity index (χ3n) is 4.15. The van der Waals surface area contributed by atoms with E-state index in [4.69, 9.17) is 4.74 Å². The second-order valence-corrected chi connectivity index (χ2v) is 4.98. The summed E-state index contributed by atoms with van der Waals surface area (Å²) in [5.74, 6) is -0.639. The zero-order valence-electron chi connectivity index (χ0n) is 9.66. The summed E-state index contributed by atoms with van der Waals surface area (Å²) in [6.45, 7) is 0.609. The maximum atomic E-state index is 13.2. The molecule has 0 aromatic heterocycles. The molecule has 1 aromatic carbocycles. The summed E-state index contributed by atoms with van der Waals surface area (Å²) in [4.78, 5) is 0. The van der Waals surface area contributed by atoms with Crippen LogP contribution in [0.3, 0.4) is 0 Å². The zero-order valence-corrected chi connectivity index (χ0v) is 9.66. The predicted molar refractivity (Wildman–Crippen MR) is 61.1 cm³/mol. The Bertz CT molecular complexity index is 410. The van der Waals surface area contributed by atoms with Gasteiger partial charge in [0.15, 0.2) is 0 Å². The van der Waals surface area contributed by atoms with Crippen LogP contribution in [0, 0.1) is 5.92 Å². The van der Waals surface area contributed by atoms with Crippen LogP contribution in [0.2, 0.25) is 0 Å². The molecule has 17 heavy (non-hydrogen) atoms. The van der Waals surface area contributed by atoms with E-state index in [2.05, 4.69) is 0 Å². The number of alkyl halides is 2. The average molecular weight is 238 g/mol. The van der Waals surface area contributed by atoms with Crippen molar-refractivity contribution in [3.8, 4) is 0 Å². The van der Waals surface area contributed by atoms with E-state index in [0.29, 0.717) is 13.0 Å². The minimum absolute atomic E-state index is 0.536. The minimum atomic E-state index is -2.29. The molecule has 3 heteroatoms. The normalized spacial score (nSPS) is 32.1. The predicted octanol–water partition coefficient (Wildman–Crippen LogP) is 3.52. The van der Waals surface area contributed by atoms with Crippen LogP contribution >= 0.6 is 0 Å². The number of halogens is 2. The van der Waals surface area contributed by atoms with Gasteiger partial charge in [-0.05, 0) is 36.8 Å². The standard InChI is InChI=1S/C14H16F2O/c15-13(16)12-7-6-10-4-1-2-5-11(10)14(12)8-3-9-17-14/h1-2,4-5,12-13H,3,6-9H2/t12-,14+/m1/s1. The van der Waals surface area contributed by atoms with E-state index >= 15 is 0 Å². The van der Waals surface area contributed by atoms with Crippen LogP contribution in [-0.4, -0.2) is 13.0 Å². The van der Waals surface area contributed by atoms with Crippen molar-refractivity contribution < 1.29 is 13.5 Å². The summed E-state index contributed by atoms with van der Waals surface area (Å²) < 4.78 is 32.3. The van der Waals surface area contributed by atoms with Crippen molar-refractivity contribution in [2.45, 2.75) is 37.7 Å². The molecule has 1 aliphatic carbocycles. The number of hydrogen-bond acceptors (Lipinski definition) is 1. The molecule has 0 bridgehead atoms. The van der Waals surface area contributed by atoms with Crippen LogP contribution in [0.15, 0.2) is 24.3 Å². The first-order valence-corrected chi connectivity index (χ1v) is 6.24. The molecular formula is C14H16F2O. The average Bonchev–Trinajstić information content (AvgIpc) is 2.79. The molecule has 1 aromatic rings. The van der Waals surface area contributed by atoms with Crippen LogP contribution in [0.1, 0.15) is 30.4 Å². The molecule has 0 saturated carbocycles.